The van der Waals surface area contributed by atoms with E-state index in [0.717, 1.165) is 38.2 Å². The molecule has 4 nitrogen and oxygen atoms in total. The van der Waals surface area contributed by atoms with Gasteiger partial charge in [-0.05, 0) is 37.4 Å². The van der Waals surface area contributed by atoms with Crippen molar-refractivity contribution in [2.24, 2.45) is 11.1 Å². The molecule has 1 aliphatic heterocycles. The predicted molar refractivity (Wildman–Crippen MR) is 84.3 cm³/mol. The molecule has 1 heterocycles. The Morgan fingerprint density at radius 1 is 1.30 bits per heavy atom. The maximum absolute atomic E-state index is 11.2. The van der Waals surface area contributed by atoms with E-state index in [1.54, 1.807) is 0 Å². The van der Waals surface area contributed by atoms with Crippen LogP contribution < -0.4 is 5.14 Å². The van der Waals surface area contributed by atoms with Crippen molar-refractivity contribution in [3.63, 3.8) is 0 Å². The van der Waals surface area contributed by atoms with Gasteiger partial charge in [0.2, 0.25) is 10.0 Å². The molecule has 0 radical (unpaired) electrons. The number of benzene rings is 1. The van der Waals surface area contributed by atoms with Crippen LogP contribution in [0.1, 0.15) is 12.8 Å². The molecule has 112 valence electrons. The van der Waals surface area contributed by atoms with Gasteiger partial charge >= 0.3 is 0 Å². The third-order valence-electron chi connectivity index (χ3n) is 3.49. The van der Waals surface area contributed by atoms with Crippen LogP contribution in [0.3, 0.4) is 0 Å². The zero-order chi connectivity index (χ0) is 14.4. The maximum Gasteiger partial charge on any atom is 0.209 e. The highest BCUT2D eigenvalue weighted by Gasteiger charge is 2.23. The van der Waals surface area contributed by atoms with Crippen LogP contribution in [0.2, 0.25) is 0 Å². The minimum absolute atomic E-state index is 0.120. The lowest BCUT2D eigenvalue weighted by atomic mass is 10.0. The number of nitrogens with zero attached hydrogens (tertiary/aromatic N) is 1. The second-order valence-corrected chi connectivity index (χ2v) is 8.13. The second-order valence-electron chi connectivity index (χ2n) is 5.30. The first-order valence-electron chi connectivity index (χ1n) is 6.93. The van der Waals surface area contributed by atoms with Gasteiger partial charge < -0.3 is 4.90 Å². The molecule has 0 aliphatic carbocycles. The highest BCUT2D eigenvalue weighted by atomic mass is 32.2. The van der Waals surface area contributed by atoms with Crippen LogP contribution in [0.25, 0.3) is 0 Å². The fraction of sp³-hybridized carbons (Fsp3) is 0.571. The summed E-state index contributed by atoms with van der Waals surface area (Å²) in [5, 5.41) is 5.14. The molecule has 1 aromatic rings. The molecule has 1 saturated heterocycles. The quantitative estimate of drug-likeness (QED) is 0.813. The van der Waals surface area contributed by atoms with Crippen molar-refractivity contribution in [1.82, 2.24) is 4.90 Å². The van der Waals surface area contributed by atoms with Crippen molar-refractivity contribution >= 4 is 21.8 Å². The van der Waals surface area contributed by atoms with Gasteiger partial charge in [0, 0.05) is 23.7 Å². The van der Waals surface area contributed by atoms with Crippen LogP contribution >= 0.6 is 11.8 Å². The van der Waals surface area contributed by atoms with E-state index in [0.29, 0.717) is 0 Å². The van der Waals surface area contributed by atoms with E-state index in [9.17, 15) is 8.42 Å². The van der Waals surface area contributed by atoms with Crippen LogP contribution in [-0.4, -0.2) is 44.5 Å². The first-order chi connectivity index (χ1) is 9.53. The number of sulfonamides is 1. The topological polar surface area (TPSA) is 63.4 Å². The summed E-state index contributed by atoms with van der Waals surface area (Å²) in [5.74, 6) is 1.35. The van der Waals surface area contributed by atoms with E-state index in [1.807, 2.05) is 30.0 Å². The Hall–Kier alpha value is -0.560. The van der Waals surface area contributed by atoms with E-state index < -0.39 is 10.0 Å². The molecule has 0 amide bonds. The monoisotopic (exact) mass is 314 g/mol. The Kier molecular flexibility index (Phi) is 5.89. The molecule has 0 bridgehead atoms. The van der Waals surface area contributed by atoms with Crippen molar-refractivity contribution in [3.05, 3.63) is 30.3 Å². The third kappa shape index (κ3) is 5.83. The molecule has 1 aliphatic rings. The molecule has 0 unspecified atom stereocenters. The summed E-state index contributed by atoms with van der Waals surface area (Å²) < 4.78 is 22.3. The van der Waals surface area contributed by atoms with Crippen LogP contribution in [0.5, 0.6) is 0 Å². The van der Waals surface area contributed by atoms with Crippen LogP contribution in [0.15, 0.2) is 35.2 Å². The number of piperidine rings is 1. The summed E-state index contributed by atoms with van der Waals surface area (Å²) in [7, 11) is -3.34. The average molecular weight is 314 g/mol. The minimum Gasteiger partial charge on any atom is -0.302 e. The Morgan fingerprint density at radius 3 is 2.75 bits per heavy atom. The number of hydrogen-bond donors (Lipinski definition) is 1. The molecule has 2 rings (SSSR count). The molecule has 0 aromatic heterocycles. The van der Waals surface area contributed by atoms with Gasteiger partial charge in [-0.1, -0.05) is 18.2 Å². The van der Waals surface area contributed by atoms with E-state index in [2.05, 4.69) is 17.0 Å². The number of hydrogen-bond acceptors (Lipinski definition) is 4. The zero-order valence-electron chi connectivity index (χ0n) is 11.6. The smallest absolute Gasteiger partial charge is 0.209 e. The van der Waals surface area contributed by atoms with Crippen molar-refractivity contribution in [1.29, 1.82) is 0 Å². The largest absolute Gasteiger partial charge is 0.302 e. The van der Waals surface area contributed by atoms with Gasteiger partial charge in [0.05, 0.1) is 5.75 Å². The summed E-state index contributed by atoms with van der Waals surface area (Å²) in [6, 6.07) is 10.3. The van der Waals surface area contributed by atoms with Crippen molar-refractivity contribution < 1.29 is 8.42 Å². The molecule has 0 spiro atoms. The lowest BCUT2D eigenvalue weighted by molar-refractivity contribution is 0.195. The Labute approximate surface area is 125 Å². The Bertz CT molecular complexity index is 505. The lowest BCUT2D eigenvalue weighted by Gasteiger charge is -2.32. The molecule has 1 atom stereocenters. The van der Waals surface area contributed by atoms with Gasteiger partial charge in [-0.3, -0.25) is 0 Å². The van der Waals surface area contributed by atoms with Gasteiger partial charge in [-0.2, -0.15) is 0 Å². The zero-order valence-corrected chi connectivity index (χ0v) is 13.2. The third-order valence-corrected chi connectivity index (χ3v) is 5.42. The fourth-order valence-electron chi connectivity index (χ4n) is 2.63. The molecule has 2 N–H and O–H groups in total. The number of rotatable bonds is 6. The summed E-state index contributed by atoms with van der Waals surface area (Å²) in [6.07, 6.45) is 2.04. The van der Waals surface area contributed by atoms with Crippen molar-refractivity contribution in [2.75, 3.05) is 31.1 Å². The number of primary sulfonamides is 1. The van der Waals surface area contributed by atoms with Gasteiger partial charge in [0.25, 0.3) is 0 Å². The second kappa shape index (κ2) is 7.45. The Balaban J connectivity index is 1.73. The minimum atomic E-state index is -3.34. The van der Waals surface area contributed by atoms with E-state index in [-0.39, 0.29) is 11.7 Å². The first kappa shape index (κ1) is 15.8. The van der Waals surface area contributed by atoms with Crippen LogP contribution in [0, 0.1) is 5.92 Å². The molecule has 1 fully saturated rings. The number of thioether (sulfide) groups is 1. The molecule has 0 saturated carbocycles. The molecule has 6 heteroatoms. The van der Waals surface area contributed by atoms with Crippen molar-refractivity contribution in [2.45, 2.75) is 17.7 Å². The standard InChI is InChI=1S/C14H22N2O2S2/c15-20(17,18)12-13-5-4-8-16(11-13)9-10-19-14-6-2-1-3-7-14/h1-3,6-7,13H,4-5,8-12H2,(H2,15,17,18)/t13-/m1/s1. The lowest BCUT2D eigenvalue weighted by Crippen LogP contribution is -2.40. The Morgan fingerprint density at radius 2 is 2.05 bits per heavy atom. The predicted octanol–water partition coefficient (Wildman–Crippen LogP) is 1.78. The fourth-order valence-corrected chi connectivity index (χ4v) is 4.49. The van der Waals surface area contributed by atoms with Gasteiger partial charge in [0.15, 0.2) is 0 Å². The average Bonchev–Trinajstić information content (AvgIpc) is 2.38. The normalized spacial score (nSPS) is 20.9. The molecule has 1 aromatic carbocycles. The van der Waals surface area contributed by atoms with E-state index >= 15 is 0 Å². The molecular formula is C14H22N2O2S2. The van der Waals surface area contributed by atoms with Gasteiger partial charge in [-0.25, -0.2) is 13.6 Å². The van der Waals surface area contributed by atoms with Gasteiger partial charge in [0.1, 0.15) is 0 Å². The maximum atomic E-state index is 11.2. The molecular weight excluding hydrogens is 292 g/mol. The van der Waals surface area contributed by atoms with Gasteiger partial charge in [-0.15, -0.1) is 11.8 Å². The number of nitrogens with two attached hydrogens (primary N) is 1. The summed E-state index contributed by atoms with van der Waals surface area (Å²) in [5.41, 5.74) is 0. The van der Waals surface area contributed by atoms with Crippen LogP contribution in [-0.2, 0) is 10.0 Å². The SMILES string of the molecule is NS(=O)(=O)C[C@@H]1CCCN(CCSc2ccccc2)C1. The number of likely N-dealkylation sites (tertiary alicyclic amines) is 1. The highest BCUT2D eigenvalue weighted by Crippen LogP contribution is 2.20. The summed E-state index contributed by atoms with van der Waals surface area (Å²) >= 11 is 1.84. The van der Waals surface area contributed by atoms with Crippen molar-refractivity contribution in [3.8, 4) is 0 Å². The van der Waals surface area contributed by atoms with E-state index in [1.165, 1.54) is 4.90 Å². The highest BCUT2D eigenvalue weighted by molar-refractivity contribution is 7.99. The van der Waals surface area contributed by atoms with E-state index in [4.69, 9.17) is 5.14 Å². The summed E-state index contributed by atoms with van der Waals surface area (Å²) in [4.78, 5) is 3.64. The summed E-state index contributed by atoms with van der Waals surface area (Å²) in [6.45, 7) is 2.92. The molecule has 20 heavy (non-hydrogen) atoms. The van der Waals surface area contributed by atoms with Crippen LogP contribution in [0.4, 0.5) is 0 Å². The first-order valence-corrected chi connectivity index (χ1v) is 9.64.